The van der Waals surface area contributed by atoms with Crippen molar-refractivity contribution in [2.24, 2.45) is 7.05 Å². The summed E-state index contributed by atoms with van der Waals surface area (Å²) in [5.41, 5.74) is 6.34. The van der Waals surface area contributed by atoms with Crippen molar-refractivity contribution < 1.29 is 9.59 Å². The van der Waals surface area contributed by atoms with E-state index in [1.54, 1.807) is 48.3 Å². The number of amides is 2. The Morgan fingerprint density at radius 3 is 2.47 bits per heavy atom. The molecular formula is C25H22ClN5O3. The van der Waals surface area contributed by atoms with E-state index in [0.717, 1.165) is 5.69 Å². The van der Waals surface area contributed by atoms with E-state index in [0.29, 0.717) is 27.3 Å². The minimum Gasteiger partial charge on any atom is -0.355 e. The van der Waals surface area contributed by atoms with Crippen LogP contribution < -0.4 is 21.3 Å². The first kappa shape index (κ1) is 23.0. The predicted molar refractivity (Wildman–Crippen MR) is 132 cm³/mol. The Morgan fingerprint density at radius 2 is 1.71 bits per heavy atom. The van der Waals surface area contributed by atoms with Gasteiger partial charge in [-0.15, -0.1) is 0 Å². The molecule has 34 heavy (non-hydrogen) atoms. The molecule has 1 aromatic heterocycles. The van der Waals surface area contributed by atoms with Gasteiger partial charge in [-0.25, -0.2) is 4.98 Å². The van der Waals surface area contributed by atoms with Gasteiger partial charge in [0, 0.05) is 23.3 Å². The molecule has 0 unspecified atom stereocenters. The first-order valence-corrected chi connectivity index (χ1v) is 10.9. The zero-order valence-electron chi connectivity index (χ0n) is 18.4. The van der Waals surface area contributed by atoms with Crippen LogP contribution in [0.15, 0.2) is 83.7 Å². The van der Waals surface area contributed by atoms with Crippen molar-refractivity contribution in [3.8, 4) is 0 Å². The number of rotatable bonds is 6. The van der Waals surface area contributed by atoms with Gasteiger partial charge < -0.3 is 4.90 Å². The van der Waals surface area contributed by atoms with Crippen LogP contribution in [-0.2, 0) is 18.4 Å². The van der Waals surface area contributed by atoms with Crippen molar-refractivity contribution in [1.29, 1.82) is 0 Å². The van der Waals surface area contributed by atoms with Crippen LogP contribution in [0.5, 0.6) is 0 Å². The highest BCUT2D eigenvalue weighted by atomic mass is 35.5. The first-order valence-electron chi connectivity index (χ1n) is 10.5. The summed E-state index contributed by atoms with van der Waals surface area (Å²) < 4.78 is 1.48. The fourth-order valence-corrected chi connectivity index (χ4v) is 3.68. The van der Waals surface area contributed by atoms with Crippen LogP contribution in [-0.4, -0.2) is 27.9 Å². The summed E-state index contributed by atoms with van der Waals surface area (Å²) in [6.07, 6.45) is 0. The van der Waals surface area contributed by atoms with E-state index < -0.39 is 11.8 Å². The Hall–Kier alpha value is -4.17. The number of hydrazine groups is 1. The van der Waals surface area contributed by atoms with Gasteiger partial charge >= 0.3 is 0 Å². The van der Waals surface area contributed by atoms with Crippen molar-refractivity contribution in [1.82, 2.24) is 20.4 Å². The van der Waals surface area contributed by atoms with Gasteiger partial charge in [-0.3, -0.25) is 29.8 Å². The highest BCUT2D eigenvalue weighted by Crippen LogP contribution is 2.17. The lowest BCUT2D eigenvalue weighted by molar-refractivity contribution is -0.120. The number of anilines is 1. The molecule has 4 aromatic rings. The fraction of sp³-hybridized carbons (Fsp3) is 0.120. The second-order valence-corrected chi connectivity index (χ2v) is 8.05. The van der Waals surface area contributed by atoms with Gasteiger partial charge in [-0.2, -0.15) is 0 Å². The molecule has 0 saturated carbocycles. The summed E-state index contributed by atoms with van der Waals surface area (Å²) in [7, 11) is 1.66. The van der Waals surface area contributed by atoms with Crippen LogP contribution in [0.25, 0.3) is 10.9 Å². The number of hydrogen-bond donors (Lipinski definition) is 2. The van der Waals surface area contributed by atoms with Gasteiger partial charge in [0.15, 0.2) is 0 Å². The monoisotopic (exact) mass is 475 g/mol. The van der Waals surface area contributed by atoms with Gasteiger partial charge in [0.2, 0.25) is 0 Å². The van der Waals surface area contributed by atoms with E-state index in [2.05, 4.69) is 15.8 Å². The third-order valence-corrected chi connectivity index (χ3v) is 5.50. The Bertz CT molecular complexity index is 1400. The van der Waals surface area contributed by atoms with Crippen LogP contribution in [0, 0.1) is 0 Å². The Morgan fingerprint density at radius 1 is 0.971 bits per heavy atom. The van der Waals surface area contributed by atoms with Crippen molar-refractivity contribution in [3.05, 3.63) is 106 Å². The van der Waals surface area contributed by atoms with Crippen LogP contribution >= 0.6 is 11.6 Å². The average molecular weight is 476 g/mol. The van der Waals surface area contributed by atoms with Crippen LogP contribution in [0.4, 0.5) is 5.69 Å². The molecule has 2 amide bonds. The molecule has 0 saturated heterocycles. The van der Waals surface area contributed by atoms with E-state index in [1.807, 2.05) is 36.4 Å². The number of halogens is 1. The average Bonchev–Trinajstić information content (AvgIpc) is 2.85. The van der Waals surface area contributed by atoms with Gasteiger partial charge in [0.05, 0.1) is 24.0 Å². The van der Waals surface area contributed by atoms with E-state index in [4.69, 9.17) is 11.6 Å². The van der Waals surface area contributed by atoms with Crippen molar-refractivity contribution in [2.45, 2.75) is 6.54 Å². The molecule has 0 aliphatic rings. The number of hydrogen-bond acceptors (Lipinski definition) is 5. The molecule has 172 valence electrons. The molecule has 8 nitrogen and oxygen atoms in total. The highest BCUT2D eigenvalue weighted by Gasteiger charge is 2.17. The van der Waals surface area contributed by atoms with Crippen LogP contribution in [0.2, 0.25) is 5.02 Å². The Labute approximate surface area is 200 Å². The normalized spacial score (nSPS) is 10.6. The Balaban J connectivity index is 1.53. The molecule has 0 fully saturated rings. The molecule has 1 heterocycles. The third kappa shape index (κ3) is 5.24. The van der Waals surface area contributed by atoms with Crippen LogP contribution in [0.1, 0.15) is 16.2 Å². The number of fused-ring (bicyclic) bond motifs is 1. The summed E-state index contributed by atoms with van der Waals surface area (Å²) in [4.78, 5) is 44.2. The maximum atomic E-state index is 12.8. The number of para-hydroxylation sites is 2. The van der Waals surface area contributed by atoms with Gasteiger partial charge in [-0.05, 0) is 42.5 Å². The summed E-state index contributed by atoms with van der Waals surface area (Å²) in [5, 5.41) is 0.948. The molecule has 3 aromatic carbocycles. The van der Waals surface area contributed by atoms with Crippen LogP contribution in [0.3, 0.4) is 0 Å². The highest BCUT2D eigenvalue weighted by molar-refractivity contribution is 6.30. The standard InChI is InChI=1S/C25H22ClN5O3/c1-30-22(27-21-13-6-5-12-20(21)25(30)34)15-31(19-10-3-2-4-11-19)16-23(32)28-29-24(33)17-8-7-9-18(26)14-17/h2-14H,15-16H2,1H3,(H,28,32)(H,29,33). The maximum Gasteiger partial charge on any atom is 0.269 e. The van der Waals surface area contributed by atoms with E-state index in [1.165, 1.54) is 10.6 Å². The zero-order valence-corrected chi connectivity index (χ0v) is 19.1. The number of carbonyl (C=O) groups is 2. The van der Waals surface area contributed by atoms with Gasteiger partial charge in [0.25, 0.3) is 17.4 Å². The topological polar surface area (TPSA) is 96.3 Å². The minimum atomic E-state index is -0.485. The molecule has 9 heteroatoms. The smallest absolute Gasteiger partial charge is 0.269 e. The number of benzene rings is 3. The molecule has 4 rings (SSSR count). The van der Waals surface area contributed by atoms with Crippen molar-refractivity contribution >= 4 is 40.0 Å². The maximum absolute atomic E-state index is 12.8. The molecular weight excluding hydrogens is 454 g/mol. The van der Waals surface area contributed by atoms with E-state index in [-0.39, 0.29) is 18.6 Å². The Kier molecular flexibility index (Phi) is 6.89. The number of carbonyl (C=O) groups excluding carboxylic acids is 2. The molecule has 0 aliphatic heterocycles. The zero-order chi connectivity index (χ0) is 24.1. The van der Waals surface area contributed by atoms with Gasteiger partial charge in [0.1, 0.15) is 5.82 Å². The van der Waals surface area contributed by atoms with Crippen molar-refractivity contribution in [3.63, 3.8) is 0 Å². The molecule has 0 aliphatic carbocycles. The number of nitrogens with one attached hydrogen (secondary N) is 2. The summed E-state index contributed by atoms with van der Waals surface area (Å²) >= 11 is 5.92. The lowest BCUT2D eigenvalue weighted by atomic mass is 10.2. The van der Waals surface area contributed by atoms with Gasteiger partial charge in [-0.1, -0.05) is 48.0 Å². The largest absolute Gasteiger partial charge is 0.355 e. The fourth-order valence-electron chi connectivity index (χ4n) is 3.49. The SMILES string of the molecule is Cn1c(CN(CC(=O)NNC(=O)c2cccc(Cl)c2)c2ccccc2)nc2ccccc2c1=O. The third-order valence-electron chi connectivity index (χ3n) is 5.27. The first-order chi connectivity index (χ1) is 16.4. The number of nitrogens with zero attached hydrogens (tertiary/aromatic N) is 3. The quantitative estimate of drug-likeness (QED) is 0.418. The number of aromatic nitrogens is 2. The molecule has 0 radical (unpaired) electrons. The molecule has 2 N–H and O–H groups in total. The van der Waals surface area contributed by atoms with Crippen molar-refractivity contribution in [2.75, 3.05) is 11.4 Å². The lowest BCUT2D eigenvalue weighted by Gasteiger charge is -2.25. The van der Waals surface area contributed by atoms with E-state index in [9.17, 15) is 14.4 Å². The lowest BCUT2D eigenvalue weighted by Crippen LogP contribution is -2.46. The summed E-state index contributed by atoms with van der Waals surface area (Å²) in [6.45, 7) is 0.124. The summed E-state index contributed by atoms with van der Waals surface area (Å²) in [5.74, 6) is -0.422. The minimum absolute atomic E-state index is 0.0808. The molecule has 0 bridgehead atoms. The molecule has 0 spiro atoms. The second-order valence-electron chi connectivity index (χ2n) is 7.61. The molecule has 0 atom stereocenters. The van der Waals surface area contributed by atoms with E-state index >= 15 is 0 Å². The summed E-state index contributed by atoms with van der Waals surface area (Å²) in [6, 6.07) is 22.8. The second kappa shape index (κ2) is 10.2. The predicted octanol–water partition coefficient (Wildman–Crippen LogP) is 3.05.